The third-order valence-corrected chi connectivity index (χ3v) is 6.26. The highest BCUT2D eigenvalue weighted by atomic mass is 79.9. The fourth-order valence-corrected chi connectivity index (χ4v) is 4.70. The van der Waals surface area contributed by atoms with E-state index in [9.17, 15) is 14.4 Å². The molecule has 2 fully saturated rings. The van der Waals surface area contributed by atoms with Gasteiger partial charge in [0, 0.05) is 16.9 Å². The van der Waals surface area contributed by atoms with E-state index < -0.39 is 24.0 Å². The first-order valence-electron chi connectivity index (χ1n) is 9.56. The van der Waals surface area contributed by atoms with Crippen molar-refractivity contribution in [1.29, 1.82) is 0 Å². The van der Waals surface area contributed by atoms with Crippen molar-refractivity contribution in [2.75, 3.05) is 11.4 Å². The lowest BCUT2D eigenvalue weighted by Crippen LogP contribution is -2.56. The van der Waals surface area contributed by atoms with Crippen LogP contribution >= 0.6 is 15.9 Å². The summed E-state index contributed by atoms with van der Waals surface area (Å²) in [7, 11) is 0. The smallest absolute Gasteiger partial charge is 0.394 e. The van der Waals surface area contributed by atoms with Crippen LogP contribution in [0.15, 0.2) is 71.2 Å². The SMILES string of the molecule is O=C(Oc1ccccc1)ON1C[C@@H]2C=C[C@H]1[C@@H]1C(=O)N(c3ccc(Br)cc3)C(=O)[C@@H]12. The van der Waals surface area contributed by atoms with Gasteiger partial charge in [-0.3, -0.25) is 9.59 Å². The Morgan fingerprint density at radius 2 is 1.63 bits per heavy atom. The number of ether oxygens (including phenoxy) is 1. The molecule has 0 aromatic heterocycles. The Balaban J connectivity index is 1.36. The van der Waals surface area contributed by atoms with E-state index in [-0.39, 0.29) is 17.7 Å². The standard InChI is InChI=1S/C22H17BrN2O5/c23-14-7-9-15(10-8-14)25-20(26)18-13-6-11-17(19(18)21(25)27)24(12-13)30-22(28)29-16-4-2-1-3-5-16/h1-11,13,17-19H,12H2/t13-,17-,18+,19-/m0/s1. The Morgan fingerprint density at radius 3 is 2.37 bits per heavy atom. The number of hydrogen-bond acceptors (Lipinski definition) is 6. The molecule has 3 heterocycles. The van der Waals surface area contributed by atoms with E-state index in [0.29, 0.717) is 18.0 Å². The zero-order chi connectivity index (χ0) is 20.8. The van der Waals surface area contributed by atoms with Crippen LogP contribution in [0.5, 0.6) is 5.75 Å². The minimum atomic E-state index is -0.875. The van der Waals surface area contributed by atoms with Crippen LogP contribution < -0.4 is 9.64 Å². The van der Waals surface area contributed by atoms with E-state index >= 15 is 0 Å². The Hall–Kier alpha value is -2.97. The van der Waals surface area contributed by atoms with E-state index in [1.807, 2.05) is 18.2 Å². The van der Waals surface area contributed by atoms with Crippen molar-refractivity contribution >= 4 is 39.6 Å². The number of piperidine rings is 1. The molecule has 4 aliphatic rings. The van der Waals surface area contributed by atoms with Gasteiger partial charge < -0.3 is 9.57 Å². The van der Waals surface area contributed by atoms with E-state index in [4.69, 9.17) is 9.57 Å². The third kappa shape index (κ3) is 3.12. The van der Waals surface area contributed by atoms with Crippen LogP contribution in [0.25, 0.3) is 0 Å². The van der Waals surface area contributed by atoms with Crippen LogP contribution in [0.1, 0.15) is 0 Å². The molecule has 2 bridgehead atoms. The first-order valence-corrected chi connectivity index (χ1v) is 10.4. The summed E-state index contributed by atoms with van der Waals surface area (Å²) < 4.78 is 6.05. The van der Waals surface area contributed by atoms with Crippen molar-refractivity contribution < 1.29 is 24.0 Å². The summed E-state index contributed by atoms with van der Waals surface area (Å²) in [5.41, 5.74) is 0.540. The number of hydroxylamine groups is 2. The van der Waals surface area contributed by atoms with Crippen LogP contribution in [0.2, 0.25) is 0 Å². The molecule has 2 saturated heterocycles. The molecule has 6 rings (SSSR count). The number of nitrogens with zero attached hydrogens (tertiary/aromatic N) is 2. The molecule has 0 unspecified atom stereocenters. The number of fused-ring (bicyclic) bond motifs is 1. The van der Waals surface area contributed by atoms with Crippen LogP contribution in [-0.4, -0.2) is 35.6 Å². The van der Waals surface area contributed by atoms with Gasteiger partial charge >= 0.3 is 6.16 Å². The summed E-state index contributed by atoms with van der Waals surface area (Å²) in [5.74, 6) is -1.40. The quantitative estimate of drug-likeness (QED) is 0.296. The van der Waals surface area contributed by atoms with Crippen molar-refractivity contribution in [3.05, 3.63) is 71.2 Å². The molecule has 8 heteroatoms. The Labute approximate surface area is 180 Å². The van der Waals surface area contributed by atoms with E-state index in [2.05, 4.69) is 15.9 Å². The topological polar surface area (TPSA) is 76.2 Å². The zero-order valence-corrected chi connectivity index (χ0v) is 17.3. The largest absolute Gasteiger partial charge is 0.533 e. The van der Waals surface area contributed by atoms with Gasteiger partial charge in [-0.25, -0.2) is 9.69 Å². The first kappa shape index (κ1) is 19.0. The maximum Gasteiger partial charge on any atom is 0.533 e. The highest BCUT2D eigenvalue weighted by molar-refractivity contribution is 9.10. The van der Waals surface area contributed by atoms with Crippen molar-refractivity contribution in [3.8, 4) is 5.75 Å². The maximum atomic E-state index is 13.2. The number of para-hydroxylation sites is 1. The molecule has 0 saturated carbocycles. The molecule has 2 aromatic rings. The van der Waals surface area contributed by atoms with Gasteiger partial charge in [-0.1, -0.05) is 46.3 Å². The Bertz CT molecular complexity index is 1040. The monoisotopic (exact) mass is 468 g/mol. The molecule has 152 valence electrons. The van der Waals surface area contributed by atoms with Gasteiger partial charge in [0.15, 0.2) is 0 Å². The Morgan fingerprint density at radius 1 is 0.933 bits per heavy atom. The predicted octanol–water partition coefficient (Wildman–Crippen LogP) is 3.56. The number of benzene rings is 2. The molecular weight excluding hydrogens is 452 g/mol. The summed E-state index contributed by atoms with van der Waals surface area (Å²) in [4.78, 5) is 45.2. The van der Waals surface area contributed by atoms with Crippen LogP contribution in [0, 0.1) is 17.8 Å². The molecule has 3 aliphatic heterocycles. The average Bonchev–Trinajstić information content (AvgIpc) is 3.02. The van der Waals surface area contributed by atoms with Gasteiger partial charge in [-0.2, -0.15) is 0 Å². The van der Waals surface area contributed by atoms with Gasteiger partial charge in [0.1, 0.15) is 5.75 Å². The van der Waals surface area contributed by atoms with Gasteiger partial charge in [-0.05, 0) is 36.4 Å². The number of imide groups is 1. The number of halogens is 1. The molecule has 2 aromatic carbocycles. The minimum absolute atomic E-state index is 0.210. The molecule has 1 aliphatic carbocycles. The molecule has 4 atom stereocenters. The number of rotatable bonds is 3. The summed E-state index contributed by atoms with van der Waals surface area (Å²) >= 11 is 3.36. The highest BCUT2D eigenvalue weighted by Crippen LogP contribution is 2.46. The second-order valence-electron chi connectivity index (χ2n) is 7.44. The van der Waals surface area contributed by atoms with Crippen LogP contribution in [0.3, 0.4) is 0 Å². The summed E-state index contributed by atoms with van der Waals surface area (Å²) in [6.45, 7) is 0.333. The van der Waals surface area contributed by atoms with E-state index in [1.165, 1.54) is 9.96 Å². The number of carbonyl (C=O) groups excluding carboxylic acids is 3. The van der Waals surface area contributed by atoms with E-state index in [1.54, 1.807) is 48.5 Å². The number of hydrogen-bond donors (Lipinski definition) is 0. The van der Waals surface area contributed by atoms with Crippen molar-refractivity contribution in [2.45, 2.75) is 6.04 Å². The number of carbonyl (C=O) groups is 3. The lowest BCUT2D eigenvalue weighted by Gasteiger charge is -2.44. The number of amides is 2. The zero-order valence-electron chi connectivity index (χ0n) is 15.7. The van der Waals surface area contributed by atoms with Crippen LogP contribution in [-0.2, 0) is 14.4 Å². The lowest BCUT2D eigenvalue weighted by molar-refractivity contribution is -0.183. The maximum absolute atomic E-state index is 13.2. The molecule has 2 amide bonds. The summed E-state index contributed by atoms with van der Waals surface area (Å²) in [6.07, 6.45) is 2.89. The molecule has 30 heavy (non-hydrogen) atoms. The molecule has 0 spiro atoms. The third-order valence-electron chi connectivity index (χ3n) is 5.73. The summed E-state index contributed by atoms with van der Waals surface area (Å²) in [6, 6.07) is 15.1. The molecule has 0 radical (unpaired) electrons. The molecular formula is C22H17BrN2O5. The van der Waals surface area contributed by atoms with E-state index in [0.717, 1.165) is 4.47 Å². The number of anilines is 1. The fraction of sp³-hybridized carbons (Fsp3) is 0.227. The first-order chi connectivity index (χ1) is 14.5. The van der Waals surface area contributed by atoms with Crippen LogP contribution in [0.4, 0.5) is 10.5 Å². The van der Waals surface area contributed by atoms with Gasteiger partial charge in [0.2, 0.25) is 11.8 Å². The highest BCUT2D eigenvalue weighted by Gasteiger charge is 2.60. The Kier molecular flexibility index (Phi) is 4.67. The minimum Gasteiger partial charge on any atom is -0.394 e. The second kappa shape index (κ2) is 7.37. The van der Waals surface area contributed by atoms with Crippen molar-refractivity contribution in [1.82, 2.24) is 5.06 Å². The second-order valence-corrected chi connectivity index (χ2v) is 8.35. The van der Waals surface area contributed by atoms with Gasteiger partial charge in [-0.15, -0.1) is 5.06 Å². The average molecular weight is 469 g/mol. The van der Waals surface area contributed by atoms with Gasteiger partial charge in [0.25, 0.3) is 0 Å². The predicted molar refractivity (Wildman–Crippen MR) is 110 cm³/mol. The molecule has 7 nitrogen and oxygen atoms in total. The summed E-state index contributed by atoms with van der Waals surface area (Å²) in [5, 5.41) is 1.45. The van der Waals surface area contributed by atoms with Crippen molar-refractivity contribution in [3.63, 3.8) is 0 Å². The normalized spacial score (nSPS) is 27.3. The van der Waals surface area contributed by atoms with Crippen molar-refractivity contribution in [2.24, 2.45) is 17.8 Å². The van der Waals surface area contributed by atoms with Gasteiger partial charge in [0.05, 0.1) is 23.6 Å². The fourth-order valence-electron chi connectivity index (χ4n) is 4.44. The molecule has 0 N–H and O–H groups in total. The lowest BCUT2D eigenvalue weighted by atomic mass is 9.71.